The molecule has 3 aliphatic rings. The van der Waals surface area contributed by atoms with E-state index in [1.54, 1.807) is 6.92 Å². The summed E-state index contributed by atoms with van der Waals surface area (Å²) in [6.07, 6.45) is 3.35. The molecule has 0 aromatic carbocycles. The van der Waals surface area contributed by atoms with Crippen molar-refractivity contribution < 1.29 is 19.4 Å². The van der Waals surface area contributed by atoms with Crippen molar-refractivity contribution in [3.8, 4) is 0 Å². The van der Waals surface area contributed by atoms with Crippen molar-refractivity contribution in [1.82, 2.24) is 0 Å². The summed E-state index contributed by atoms with van der Waals surface area (Å²) >= 11 is 0. The molecule has 0 amide bonds. The highest BCUT2D eigenvalue weighted by atomic mass is 16.8. The van der Waals surface area contributed by atoms with Crippen molar-refractivity contribution in [2.75, 3.05) is 6.61 Å². The number of ether oxygens (including phenoxy) is 2. The maximum absolute atomic E-state index is 11.4. The van der Waals surface area contributed by atoms with Gasteiger partial charge in [0.25, 0.3) is 0 Å². The summed E-state index contributed by atoms with van der Waals surface area (Å²) in [5.74, 6) is -1.03. The van der Waals surface area contributed by atoms with E-state index in [1.807, 2.05) is 0 Å². The molecule has 82 valence electrons. The van der Waals surface area contributed by atoms with E-state index in [0.29, 0.717) is 18.1 Å². The summed E-state index contributed by atoms with van der Waals surface area (Å²) in [6.45, 7) is 2.08. The lowest BCUT2D eigenvalue weighted by molar-refractivity contribution is -0.346. The van der Waals surface area contributed by atoms with Crippen LogP contribution in [0, 0.1) is 17.8 Å². The first-order valence-electron chi connectivity index (χ1n) is 5.37. The summed E-state index contributed by atoms with van der Waals surface area (Å²) in [7, 11) is 0. The third kappa shape index (κ3) is 1.12. The molecule has 0 spiro atoms. The molecule has 0 aromatic heterocycles. The van der Waals surface area contributed by atoms with Crippen molar-refractivity contribution in [3.63, 3.8) is 0 Å². The Hall–Kier alpha value is -0.870. The maximum Gasteiger partial charge on any atom is 0.327 e. The van der Waals surface area contributed by atoms with Crippen LogP contribution in [0.25, 0.3) is 0 Å². The molecule has 1 aliphatic carbocycles. The van der Waals surface area contributed by atoms with Gasteiger partial charge in [-0.1, -0.05) is 0 Å². The molecule has 1 N–H and O–H groups in total. The van der Waals surface area contributed by atoms with Crippen molar-refractivity contribution in [2.24, 2.45) is 17.8 Å². The lowest BCUT2D eigenvalue weighted by Gasteiger charge is -2.35. The first-order chi connectivity index (χ1) is 7.12. The van der Waals surface area contributed by atoms with Crippen molar-refractivity contribution >= 4 is 5.78 Å². The van der Waals surface area contributed by atoms with E-state index >= 15 is 0 Å². The Morgan fingerprint density at radius 2 is 2.40 bits per heavy atom. The highest BCUT2D eigenvalue weighted by Gasteiger charge is 2.60. The van der Waals surface area contributed by atoms with Gasteiger partial charge in [0.15, 0.2) is 5.78 Å². The van der Waals surface area contributed by atoms with Crippen LogP contribution in [0.3, 0.4) is 0 Å². The molecule has 4 atom stereocenters. The Bertz CT molecular complexity index is 348. The zero-order chi connectivity index (χ0) is 10.6. The third-order valence-electron chi connectivity index (χ3n) is 3.88. The number of allylic oxidation sites excluding steroid dienone is 1. The molecule has 2 heterocycles. The Labute approximate surface area is 87.9 Å². The molecule has 0 aromatic rings. The van der Waals surface area contributed by atoms with E-state index in [-0.39, 0.29) is 17.6 Å². The average Bonchev–Trinajstić information content (AvgIpc) is 2.73. The van der Waals surface area contributed by atoms with Crippen LogP contribution in [0.2, 0.25) is 0 Å². The molecule has 2 aliphatic heterocycles. The smallest absolute Gasteiger partial charge is 0.327 e. The van der Waals surface area contributed by atoms with Gasteiger partial charge in [0.2, 0.25) is 0 Å². The molecule has 0 radical (unpaired) electrons. The second-order valence-corrected chi connectivity index (χ2v) is 4.66. The second-order valence-electron chi connectivity index (χ2n) is 4.66. The van der Waals surface area contributed by atoms with Crippen molar-refractivity contribution in [1.29, 1.82) is 0 Å². The van der Waals surface area contributed by atoms with Gasteiger partial charge in [-0.15, -0.1) is 0 Å². The number of ketones is 1. The first-order valence-corrected chi connectivity index (χ1v) is 5.37. The van der Waals surface area contributed by atoms with E-state index in [9.17, 15) is 9.90 Å². The summed E-state index contributed by atoms with van der Waals surface area (Å²) in [4.78, 5) is 11.4. The molecule has 3 rings (SSSR count). The van der Waals surface area contributed by atoms with Crippen LogP contribution < -0.4 is 0 Å². The molecule has 0 unspecified atom stereocenters. The van der Waals surface area contributed by atoms with Gasteiger partial charge in [-0.3, -0.25) is 4.79 Å². The zero-order valence-corrected chi connectivity index (χ0v) is 8.60. The van der Waals surface area contributed by atoms with Crippen molar-refractivity contribution in [2.45, 2.75) is 25.7 Å². The van der Waals surface area contributed by atoms with Crippen LogP contribution in [0.15, 0.2) is 11.8 Å². The van der Waals surface area contributed by atoms with Gasteiger partial charge in [0.1, 0.15) is 0 Å². The minimum Gasteiger partial charge on any atom is -0.446 e. The van der Waals surface area contributed by atoms with E-state index in [4.69, 9.17) is 9.47 Å². The molecule has 1 saturated heterocycles. The molecule has 1 saturated carbocycles. The minimum atomic E-state index is -1.47. The van der Waals surface area contributed by atoms with Gasteiger partial charge < -0.3 is 14.6 Å². The number of carbonyl (C=O) groups is 1. The topological polar surface area (TPSA) is 55.8 Å². The number of hydrogen-bond donors (Lipinski definition) is 1. The number of aliphatic hydroxyl groups is 1. The predicted molar refractivity (Wildman–Crippen MR) is 50.5 cm³/mol. The molecule has 4 heteroatoms. The molecule has 0 bridgehead atoms. The maximum atomic E-state index is 11.4. The fourth-order valence-electron chi connectivity index (χ4n) is 3.18. The monoisotopic (exact) mass is 210 g/mol. The second kappa shape index (κ2) is 2.83. The van der Waals surface area contributed by atoms with Crippen LogP contribution >= 0.6 is 0 Å². The fourth-order valence-corrected chi connectivity index (χ4v) is 3.18. The van der Waals surface area contributed by atoms with Gasteiger partial charge in [-0.25, -0.2) is 0 Å². The van der Waals surface area contributed by atoms with E-state index in [2.05, 4.69) is 0 Å². The Morgan fingerprint density at radius 3 is 3.13 bits per heavy atom. The summed E-state index contributed by atoms with van der Waals surface area (Å²) < 4.78 is 10.5. The molecule has 15 heavy (non-hydrogen) atoms. The molecular weight excluding hydrogens is 196 g/mol. The number of rotatable bonds is 1. The largest absolute Gasteiger partial charge is 0.446 e. The van der Waals surface area contributed by atoms with Gasteiger partial charge in [0.05, 0.1) is 18.8 Å². The molecular formula is C11H14O4. The van der Waals surface area contributed by atoms with Crippen LogP contribution in [0.4, 0.5) is 0 Å². The summed E-state index contributed by atoms with van der Waals surface area (Å²) in [6, 6.07) is 0. The van der Waals surface area contributed by atoms with Crippen LogP contribution in [0.5, 0.6) is 0 Å². The quantitative estimate of drug-likeness (QED) is 0.695. The summed E-state index contributed by atoms with van der Waals surface area (Å²) in [5, 5.41) is 10.1. The van der Waals surface area contributed by atoms with Gasteiger partial charge in [-0.05, 0) is 25.7 Å². The number of hydrogen-bond acceptors (Lipinski definition) is 4. The fraction of sp³-hybridized carbons (Fsp3) is 0.727. The van der Waals surface area contributed by atoms with Crippen LogP contribution in [-0.4, -0.2) is 23.5 Å². The normalized spacial score (nSPS) is 47.1. The van der Waals surface area contributed by atoms with Gasteiger partial charge in [0, 0.05) is 11.5 Å². The van der Waals surface area contributed by atoms with E-state index in [0.717, 1.165) is 12.8 Å². The van der Waals surface area contributed by atoms with Crippen LogP contribution in [0.1, 0.15) is 19.8 Å². The van der Waals surface area contributed by atoms with Gasteiger partial charge >= 0.3 is 5.97 Å². The third-order valence-corrected chi connectivity index (χ3v) is 3.88. The summed E-state index contributed by atoms with van der Waals surface area (Å²) in [5.41, 5.74) is 0.706. The lowest BCUT2D eigenvalue weighted by Crippen LogP contribution is -2.44. The average molecular weight is 210 g/mol. The number of carbonyl (C=O) groups excluding carboxylic acids is 1. The lowest BCUT2D eigenvalue weighted by atomic mass is 9.82. The van der Waals surface area contributed by atoms with Crippen molar-refractivity contribution in [3.05, 3.63) is 11.8 Å². The SMILES string of the molecule is CC(=O)C1=CO[C@]2(O)OC[C@@H]3CC[C@H]1[C@@H]32. The van der Waals surface area contributed by atoms with Gasteiger partial charge in [-0.2, -0.15) is 0 Å². The minimum absolute atomic E-state index is 0.0367. The van der Waals surface area contributed by atoms with E-state index < -0.39 is 5.97 Å². The van der Waals surface area contributed by atoms with E-state index in [1.165, 1.54) is 6.26 Å². The molecule has 4 nitrogen and oxygen atoms in total. The highest BCUT2D eigenvalue weighted by molar-refractivity contribution is 5.93. The first kappa shape index (κ1) is 9.36. The Kier molecular flexibility index (Phi) is 1.77. The molecule has 2 fully saturated rings. The standard InChI is InChI=1S/C11H14O4/c1-6(12)9-5-15-11(13)10-7(4-14-11)2-3-8(9)10/h5,7-8,10,13H,2-4H2,1H3/t7-,8+,10+,11+/m0/s1. The number of Topliss-reactive ketones (excluding diaryl/α,β-unsaturated/α-hetero) is 1. The zero-order valence-electron chi connectivity index (χ0n) is 8.60. The Balaban J connectivity index is 2.01. The Morgan fingerprint density at radius 1 is 1.60 bits per heavy atom. The van der Waals surface area contributed by atoms with Crippen LogP contribution in [-0.2, 0) is 14.3 Å². The highest BCUT2D eigenvalue weighted by Crippen LogP contribution is 2.54. The predicted octanol–water partition coefficient (Wildman–Crippen LogP) is 0.808.